The molecule has 168 valence electrons. The average molecular weight is 422 g/mol. The average Bonchev–Trinajstić information content (AvgIpc) is 2.63. The molecule has 2 atom stereocenters. The van der Waals surface area contributed by atoms with Gasteiger partial charge in [0.1, 0.15) is 23.4 Å². The van der Waals surface area contributed by atoms with Crippen LogP contribution in [-0.2, 0) is 14.3 Å². The molecule has 0 bridgehead atoms. The molecule has 0 aromatic heterocycles. The first-order chi connectivity index (χ1) is 13.9. The lowest BCUT2D eigenvalue weighted by Gasteiger charge is -2.31. The van der Waals surface area contributed by atoms with E-state index in [2.05, 4.69) is 10.6 Å². The van der Waals surface area contributed by atoms with Crippen LogP contribution >= 0.6 is 0 Å². The fraction of sp³-hybridized carbons (Fsp3) is 0.591. The standard InChI is InChI=1S/C22H35N3O5/c1-8-9-13-23-19(27)17(16-12-10-11-14(2)18(16)26)25(7)20(28)15(3)24-21(29)30-22(4,5)6/h10-12,15,17,26H,8-9,13H2,1-7H3,(H,23,27)(H,24,29). The summed E-state index contributed by atoms with van der Waals surface area (Å²) in [4.78, 5) is 39.2. The number of phenolic OH excluding ortho intramolecular Hbond substituents is 1. The zero-order chi connectivity index (χ0) is 23.1. The minimum Gasteiger partial charge on any atom is -0.507 e. The second-order valence-electron chi connectivity index (χ2n) is 8.38. The van der Waals surface area contributed by atoms with Crippen molar-refractivity contribution in [3.63, 3.8) is 0 Å². The van der Waals surface area contributed by atoms with Gasteiger partial charge in [0, 0.05) is 19.2 Å². The SMILES string of the molecule is CCCCNC(=O)C(c1cccc(C)c1O)N(C)C(=O)C(C)NC(=O)OC(C)(C)C. The van der Waals surface area contributed by atoms with E-state index in [1.807, 2.05) is 6.92 Å². The van der Waals surface area contributed by atoms with Gasteiger partial charge in [-0.2, -0.15) is 0 Å². The first kappa shape index (κ1) is 25.3. The second-order valence-corrected chi connectivity index (χ2v) is 8.38. The number of carbonyl (C=O) groups is 3. The summed E-state index contributed by atoms with van der Waals surface area (Å²) >= 11 is 0. The molecule has 1 aromatic rings. The van der Waals surface area contributed by atoms with E-state index >= 15 is 0 Å². The Morgan fingerprint density at radius 1 is 1.23 bits per heavy atom. The number of ether oxygens (including phenoxy) is 1. The predicted octanol–water partition coefficient (Wildman–Crippen LogP) is 3.03. The van der Waals surface area contributed by atoms with E-state index in [0.29, 0.717) is 17.7 Å². The third kappa shape index (κ3) is 7.24. The first-order valence-corrected chi connectivity index (χ1v) is 10.2. The van der Waals surface area contributed by atoms with Gasteiger partial charge in [-0.1, -0.05) is 31.5 Å². The Bertz CT molecular complexity index is 758. The Morgan fingerprint density at radius 3 is 2.43 bits per heavy atom. The van der Waals surface area contributed by atoms with Crippen LogP contribution in [0.1, 0.15) is 64.6 Å². The van der Waals surface area contributed by atoms with Gasteiger partial charge in [-0.15, -0.1) is 0 Å². The van der Waals surface area contributed by atoms with Crippen molar-refractivity contribution >= 4 is 17.9 Å². The van der Waals surface area contributed by atoms with Gasteiger partial charge in [0.15, 0.2) is 0 Å². The normalized spacial score (nSPS) is 13.2. The molecule has 1 aromatic carbocycles. The van der Waals surface area contributed by atoms with Crippen LogP contribution in [0.15, 0.2) is 18.2 Å². The maximum atomic E-state index is 13.0. The summed E-state index contributed by atoms with van der Waals surface area (Å²) in [5, 5.41) is 15.8. The van der Waals surface area contributed by atoms with Crippen molar-refractivity contribution < 1.29 is 24.2 Å². The van der Waals surface area contributed by atoms with Crippen molar-refractivity contribution in [1.29, 1.82) is 0 Å². The molecular formula is C22H35N3O5. The van der Waals surface area contributed by atoms with E-state index in [4.69, 9.17) is 4.74 Å². The van der Waals surface area contributed by atoms with Crippen LogP contribution < -0.4 is 10.6 Å². The molecule has 0 spiro atoms. The molecule has 0 aliphatic carbocycles. The molecule has 30 heavy (non-hydrogen) atoms. The molecule has 8 nitrogen and oxygen atoms in total. The quantitative estimate of drug-likeness (QED) is 0.559. The highest BCUT2D eigenvalue weighted by molar-refractivity contribution is 5.92. The zero-order valence-electron chi connectivity index (χ0n) is 19.0. The third-order valence-electron chi connectivity index (χ3n) is 4.48. The highest BCUT2D eigenvalue weighted by atomic mass is 16.6. The number of aromatic hydroxyl groups is 1. The van der Waals surface area contributed by atoms with Crippen LogP contribution in [0.2, 0.25) is 0 Å². The molecule has 0 saturated heterocycles. The van der Waals surface area contributed by atoms with Crippen molar-refractivity contribution in [2.45, 2.75) is 72.1 Å². The number of nitrogens with one attached hydrogen (secondary N) is 2. The number of nitrogens with zero attached hydrogens (tertiary/aromatic N) is 1. The summed E-state index contributed by atoms with van der Waals surface area (Å²) in [5.41, 5.74) is 0.220. The van der Waals surface area contributed by atoms with E-state index < -0.39 is 35.6 Å². The molecule has 0 heterocycles. The minimum atomic E-state index is -1.04. The zero-order valence-corrected chi connectivity index (χ0v) is 19.0. The van der Waals surface area contributed by atoms with Gasteiger partial charge < -0.3 is 25.4 Å². The van der Waals surface area contributed by atoms with Crippen LogP contribution in [0.3, 0.4) is 0 Å². The number of unbranched alkanes of at least 4 members (excludes halogenated alkanes) is 1. The van der Waals surface area contributed by atoms with E-state index in [1.54, 1.807) is 45.9 Å². The fourth-order valence-corrected chi connectivity index (χ4v) is 2.89. The number of hydrogen-bond donors (Lipinski definition) is 3. The van der Waals surface area contributed by atoms with Crippen LogP contribution in [-0.4, -0.2) is 53.1 Å². The molecule has 0 aliphatic heterocycles. The molecule has 0 aliphatic rings. The largest absolute Gasteiger partial charge is 0.507 e. The summed E-state index contributed by atoms with van der Waals surface area (Å²) in [6.45, 7) is 10.9. The molecule has 0 saturated carbocycles. The predicted molar refractivity (Wildman–Crippen MR) is 115 cm³/mol. The summed E-state index contributed by atoms with van der Waals surface area (Å²) in [7, 11) is 1.47. The van der Waals surface area contributed by atoms with Crippen LogP contribution in [0.4, 0.5) is 4.79 Å². The summed E-state index contributed by atoms with van der Waals surface area (Å²) < 4.78 is 5.19. The summed E-state index contributed by atoms with van der Waals surface area (Å²) in [6, 6.07) is 3.08. The van der Waals surface area contributed by atoms with Gasteiger partial charge in [-0.3, -0.25) is 9.59 Å². The molecule has 0 radical (unpaired) electrons. The highest BCUT2D eigenvalue weighted by Gasteiger charge is 2.33. The lowest BCUT2D eigenvalue weighted by Crippen LogP contribution is -2.50. The minimum absolute atomic E-state index is 0.0412. The lowest BCUT2D eigenvalue weighted by atomic mass is 10.00. The Balaban J connectivity index is 3.10. The Kier molecular flexibility index (Phi) is 9.14. The maximum Gasteiger partial charge on any atom is 0.408 e. The highest BCUT2D eigenvalue weighted by Crippen LogP contribution is 2.31. The molecule has 1 rings (SSSR count). The molecular weight excluding hydrogens is 386 g/mol. The van der Waals surface area contributed by atoms with E-state index in [9.17, 15) is 19.5 Å². The van der Waals surface area contributed by atoms with Crippen molar-refractivity contribution in [1.82, 2.24) is 15.5 Å². The second kappa shape index (κ2) is 10.8. The van der Waals surface area contributed by atoms with E-state index in [1.165, 1.54) is 18.9 Å². The van der Waals surface area contributed by atoms with Crippen molar-refractivity contribution in [2.24, 2.45) is 0 Å². The third-order valence-corrected chi connectivity index (χ3v) is 4.48. The number of benzene rings is 1. The van der Waals surface area contributed by atoms with E-state index in [0.717, 1.165) is 12.8 Å². The Morgan fingerprint density at radius 2 is 1.87 bits per heavy atom. The summed E-state index contributed by atoms with van der Waals surface area (Å²) in [5.74, 6) is -0.928. The van der Waals surface area contributed by atoms with Crippen molar-refractivity contribution in [3.05, 3.63) is 29.3 Å². The smallest absolute Gasteiger partial charge is 0.408 e. The maximum absolute atomic E-state index is 13.0. The fourth-order valence-electron chi connectivity index (χ4n) is 2.89. The van der Waals surface area contributed by atoms with Gasteiger partial charge in [-0.05, 0) is 46.6 Å². The van der Waals surface area contributed by atoms with Crippen LogP contribution in [0.25, 0.3) is 0 Å². The van der Waals surface area contributed by atoms with Gasteiger partial charge in [0.25, 0.3) is 0 Å². The van der Waals surface area contributed by atoms with Crippen LogP contribution in [0.5, 0.6) is 5.75 Å². The van der Waals surface area contributed by atoms with Gasteiger partial charge >= 0.3 is 6.09 Å². The van der Waals surface area contributed by atoms with Gasteiger partial charge in [0.2, 0.25) is 11.8 Å². The number of aryl methyl sites for hydroxylation is 1. The first-order valence-electron chi connectivity index (χ1n) is 10.2. The Hall–Kier alpha value is -2.77. The number of alkyl carbamates (subject to hydrolysis) is 1. The Labute approximate surface area is 179 Å². The van der Waals surface area contributed by atoms with E-state index in [-0.39, 0.29) is 5.75 Å². The molecule has 3 amide bonds. The van der Waals surface area contributed by atoms with Gasteiger partial charge in [0.05, 0.1) is 0 Å². The number of hydrogen-bond acceptors (Lipinski definition) is 5. The lowest BCUT2D eigenvalue weighted by molar-refractivity contribution is -0.140. The molecule has 8 heteroatoms. The van der Waals surface area contributed by atoms with Gasteiger partial charge in [-0.25, -0.2) is 4.79 Å². The number of rotatable bonds is 8. The number of para-hydroxylation sites is 1. The number of amides is 3. The number of carbonyl (C=O) groups excluding carboxylic acids is 3. The monoisotopic (exact) mass is 421 g/mol. The number of phenols is 1. The van der Waals surface area contributed by atoms with Crippen LogP contribution in [0, 0.1) is 6.92 Å². The molecule has 0 fully saturated rings. The molecule has 3 N–H and O–H groups in total. The van der Waals surface area contributed by atoms with Crippen molar-refractivity contribution in [2.75, 3.05) is 13.6 Å². The summed E-state index contributed by atoms with van der Waals surface area (Å²) in [6.07, 6.45) is 0.984. The number of likely N-dealkylation sites (N-methyl/N-ethyl adjacent to an activating group) is 1. The molecule has 2 unspecified atom stereocenters. The topological polar surface area (TPSA) is 108 Å². The van der Waals surface area contributed by atoms with Crippen molar-refractivity contribution in [3.8, 4) is 5.75 Å².